The number of fused-ring (bicyclic) bond motifs is 1. The highest BCUT2D eigenvalue weighted by Gasteiger charge is 2.24. The Morgan fingerprint density at radius 3 is 2.73 bits per heavy atom. The number of benzene rings is 2. The van der Waals surface area contributed by atoms with Crippen molar-refractivity contribution in [3.05, 3.63) is 59.4 Å². The number of guanidine groups is 1. The van der Waals surface area contributed by atoms with Gasteiger partial charge in [0.2, 0.25) is 0 Å². The maximum Gasteiger partial charge on any atom is 0.265 e. The Balaban J connectivity index is 0.00000320. The fourth-order valence-corrected chi connectivity index (χ4v) is 3.32. The van der Waals surface area contributed by atoms with Crippen molar-refractivity contribution in [1.82, 2.24) is 10.6 Å². The number of aryl methyl sites for hydroxylation is 1. The topological polar surface area (TPSA) is 66.0 Å². The largest absolute Gasteiger partial charge is 0.482 e. The minimum absolute atomic E-state index is 0. The first kappa shape index (κ1) is 23.9. The molecule has 0 fully saturated rings. The molecule has 0 unspecified atom stereocenters. The van der Waals surface area contributed by atoms with Crippen LogP contribution >= 0.6 is 24.0 Å². The predicted molar refractivity (Wildman–Crippen MR) is 129 cm³/mol. The summed E-state index contributed by atoms with van der Waals surface area (Å²) in [4.78, 5) is 18.2. The SMILES string of the molecule is CN=C(NCCCN1C(=O)COc2ccccc21)NCCc1ccc(F)cc1C.I. The zero-order valence-corrected chi connectivity index (χ0v) is 19.6. The number of ether oxygens (including phenoxy) is 1. The molecule has 162 valence electrons. The molecule has 2 aromatic carbocycles. The molecule has 6 nitrogen and oxygen atoms in total. The second-order valence-electron chi connectivity index (χ2n) is 6.90. The Bertz CT molecular complexity index is 891. The molecule has 2 aromatic rings. The first-order valence-electron chi connectivity index (χ1n) is 9.80. The second-order valence-corrected chi connectivity index (χ2v) is 6.90. The van der Waals surface area contributed by atoms with Crippen molar-refractivity contribution in [3.63, 3.8) is 0 Å². The van der Waals surface area contributed by atoms with E-state index in [4.69, 9.17) is 4.74 Å². The third-order valence-corrected chi connectivity index (χ3v) is 4.87. The highest BCUT2D eigenvalue weighted by Crippen LogP contribution is 2.31. The number of nitrogens with one attached hydrogen (secondary N) is 2. The fraction of sp³-hybridized carbons (Fsp3) is 0.364. The number of rotatable bonds is 7. The molecule has 0 bridgehead atoms. The van der Waals surface area contributed by atoms with Crippen LogP contribution in [0.3, 0.4) is 0 Å². The molecule has 0 saturated carbocycles. The molecular formula is C22H28FIN4O2. The number of anilines is 1. The van der Waals surface area contributed by atoms with Gasteiger partial charge < -0.3 is 20.3 Å². The Hall–Kier alpha value is -2.36. The van der Waals surface area contributed by atoms with Crippen LogP contribution in [0.15, 0.2) is 47.5 Å². The van der Waals surface area contributed by atoms with Gasteiger partial charge in [-0.3, -0.25) is 9.79 Å². The van der Waals surface area contributed by atoms with Gasteiger partial charge in [0.1, 0.15) is 11.6 Å². The molecule has 0 spiro atoms. The molecule has 1 aliphatic rings. The van der Waals surface area contributed by atoms with Crippen molar-refractivity contribution in [1.29, 1.82) is 0 Å². The lowest BCUT2D eigenvalue weighted by atomic mass is 10.1. The number of carbonyl (C=O) groups excluding carboxylic acids is 1. The summed E-state index contributed by atoms with van der Waals surface area (Å²) in [6, 6.07) is 12.4. The van der Waals surface area contributed by atoms with Gasteiger partial charge in [-0.25, -0.2) is 4.39 Å². The van der Waals surface area contributed by atoms with Gasteiger partial charge in [0.25, 0.3) is 5.91 Å². The summed E-state index contributed by atoms with van der Waals surface area (Å²) in [6.07, 6.45) is 1.56. The number of nitrogens with zero attached hydrogens (tertiary/aromatic N) is 2. The molecule has 8 heteroatoms. The Kier molecular flexibility index (Phi) is 9.35. The summed E-state index contributed by atoms with van der Waals surface area (Å²) < 4.78 is 18.7. The van der Waals surface area contributed by atoms with Crippen LogP contribution in [0.4, 0.5) is 10.1 Å². The summed E-state index contributed by atoms with van der Waals surface area (Å²) in [5, 5.41) is 6.53. The lowest BCUT2D eigenvalue weighted by Gasteiger charge is -2.29. The number of para-hydroxylation sites is 2. The molecule has 0 saturated heterocycles. The number of carbonyl (C=O) groups is 1. The summed E-state index contributed by atoms with van der Waals surface area (Å²) in [5.74, 6) is 1.21. The maximum atomic E-state index is 13.2. The predicted octanol–water partition coefficient (Wildman–Crippen LogP) is 3.28. The van der Waals surface area contributed by atoms with Crippen LogP contribution in [-0.2, 0) is 11.2 Å². The van der Waals surface area contributed by atoms with Crippen molar-refractivity contribution in [2.45, 2.75) is 19.8 Å². The Labute approximate surface area is 193 Å². The van der Waals surface area contributed by atoms with E-state index in [2.05, 4.69) is 15.6 Å². The van der Waals surface area contributed by atoms with E-state index >= 15 is 0 Å². The molecule has 0 radical (unpaired) electrons. The van der Waals surface area contributed by atoms with E-state index in [9.17, 15) is 9.18 Å². The minimum atomic E-state index is -0.210. The number of hydrogen-bond acceptors (Lipinski definition) is 3. The van der Waals surface area contributed by atoms with Gasteiger partial charge in [-0.15, -0.1) is 24.0 Å². The Morgan fingerprint density at radius 2 is 1.97 bits per heavy atom. The normalized spacial score (nSPS) is 13.2. The van der Waals surface area contributed by atoms with E-state index in [1.165, 1.54) is 6.07 Å². The lowest BCUT2D eigenvalue weighted by Crippen LogP contribution is -2.42. The number of hydrogen-bond donors (Lipinski definition) is 2. The molecule has 1 aliphatic heterocycles. The summed E-state index contributed by atoms with van der Waals surface area (Å²) >= 11 is 0. The van der Waals surface area contributed by atoms with Crippen molar-refractivity contribution in [2.24, 2.45) is 4.99 Å². The number of amides is 1. The van der Waals surface area contributed by atoms with Crippen LogP contribution in [-0.4, -0.2) is 45.2 Å². The molecular weight excluding hydrogens is 498 g/mol. The molecule has 30 heavy (non-hydrogen) atoms. The first-order chi connectivity index (χ1) is 14.1. The summed E-state index contributed by atoms with van der Waals surface area (Å²) in [6.45, 7) is 3.98. The number of halogens is 2. The lowest BCUT2D eigenvalue weighted by molar-refractivity contribution is -0.121. The molecule has 0 atom stereocenters. The molecule has 1 amide bonds. The zero-order chi connectivity index (χ0) is 20.6. The standard InChI is InChI=1S/C22H27FN4O2.HI/c1-16-14-18(23)9-8-17(16)10-12-26-22(24-2)25-11-5-13-27-19-6-3-4-7-20(19)29-15-21(27)28;/h3-4,6-9,14H,5,10-13,15H2,1-2H3,(H2,24,25,26);1H. The maximum absolute atomic E-state index is 13.2. The quantitative estimate of drug-likeness (QED) is 0.252. The molecule has 0 aromatic heterocycles. The third-order valence-electron chi connectivity index (χ3n) is 4.87. The first-order valence-corrected chi connectivity index (χ1v) is 9.80. The third kappa shape index (κ3) is 6.32. The average molecular weight is 526 g/mol. The highest BCUT2D eigenvalue weighted by molar-refractivity contribution is 14.0. The number of aliphatic imine (C=N–C) groups is 1. The van der Waals surface area contributed by atoms with Crippen LogP contribution in [0.25, 0.3) is 0 Å². The van der Waals surface area contributed by atoms with E-state index < -0.39 is 0 Å². The van der Waals surface area contributed by atoms with Gasteiger partial charge in [0.05, 0.1) is 5.69 Å². The van der Waals surface area contributed by atoms with Gasteiger partial charge in [-0.1, -0.05) is 18.2 Å². The van der Waals surface area contributed by atoms with Gasteiger partial charge in [-0.2, -0.15) is 0 Å². The molecule has 1 heterocycles. The van der Waals surface area contributed by atoms with E-state index in [0.29, 0.717) is 25.6 Å². The fourth-order valence-electron chi connectivity index (χ4n) is 3.32. The average Bonchev–Trinajstić information content (AvgIpc) is 2.72. The second kappa shape index (κ2) is 11.7. The van der Waals surface area contributed by atoms with Gasteiger partial charge >= 0.3 is 0 Å². The molecule has 2 N–H and O–H groups in total. The van der Waals surface area contributed by atoms with Crippen LogP contribution in [0, 0.1) is 12.7 Å². The monoisotopic (exact) mass is 526 g/mol. The van der Waals surface area contributed by atoms with Crippen LogP contribution in [0.2, 0.25) is 0 Å². The molecule has 3 rings (SSSR count). The van der Waals surface area contributed by atoms with E-state index in [1.807, 2.05) is 37.3 Å². The zero-order valence-electron chi connectivity index (χ0n) is 17.3. The van der Waals surface area contributed by atoms with Crippen molar-refractivity contribution in [2.75, 3.05) is 38.2 Å². The van der Waals surface area contributed by atoms with Crippen molar-refractivity contribution in [3.8, 4) is 5.75 Å². The van der Waals surface area contributed by atoms with Crippen molar-refractivity contribution >= 4 is 41.5 Å². The van der Waals surface area contributed by atoms with Gasteiger partial charge in [0.15, 0.2) is 12.6 Å². The van der Waals surface area contributed by atoms with E-state index in [-0.39, 0.29) is 42.3 Å². The van der Waals surface area contributed by atoms with E-state index in [0.717, 1.165) is 35.4 Å². The van der Waals surface area contributed by atoms with Crippen molar-refractivity contribution < 1.29 is 13.9 Å². The summed E-state index contributed by atoms with van der Waals surface area (Å²) in [5.41, 5.74) is 2.88. The van der Waals surface area contributed by atoms with E-state index in [1.54, 1.807) is 18.0 Å². The Morgan fingerprint density at radius 1 is 1.20 bits per heavy atom. The molecule has 0 aliphatic carbocycles. The minimum Gasteiger partial charge on any atom is -0.482 e. The smallest absolute Gasteiger partial charge is 0.265 e. The van der Waals surface area contributed by atoms with Crippen LogP contribution in [0.1, 0.15) is 17.5 Å². The van der Waals surface area contributed by atoms with Gasteiger partial charge in [0, 0.05) is 26.7 Å². The highest BCUT2D eigenvalue weighted by atomic mass is 127. The van der Waals surface area contributed by atoms with Crippen LogP contribution < -0.4 is 20.3 Å². The van der Waals surface area contributed by atoms with Crippen LogP contribution in [0.5, 0.6) is 5.75 Å². The van der Waals surface area contributed by atoms with Gasteiger partial charge in [-0.05, 0) is 55.2 Å². The summed E-state index contributed by atoms with van der Waals surface area (Å²) in [7, 11) is 1.72.